The molecule has 5 heteroatoms. The van der Waals surface area contributed by atoms with Gasteiger partial charge in [-0.15, -0.1) is 0 Å². The van der Waals surface area contributed by atoms with E-state index in [2.05, 4.69) is 73.3 Å². The van der Waals surface area contributed by atoms with Gasteiger partial charge >= 0.3 is 11.9 Å². The van der Waals surface area contributed by atoms with Gasteiger partial charge in [0.25, 0.3) is 0 Å². The van der Waals surface area contributed by atoms with Crippen LogP contribution in [0.1, 0.15) is 23.6 Å². The van der Waals surface area contributed by atoms with Crippen molar-refractivity contribution >= 4 is 11.9 Å². The lowest BCUT2D eigenvalue weighted by atomic mass is 10.1. The molecule has 2 aromatic carbocycles. The number of hydrogen-bond acceptors (Lipinski definition) is 3. The minimum atomic E-state index is -1.82. The van der Waals surface area contributed by atoms with Crippen LogP contribution in [-0.2, 0) is 22.7 Å². The third kappa shape index (κ3) is 7.56. The number of benzene rings is 2. The van der Waals surface area contributed by atoms with Crippen molar-refractivity contribution in [3.05, 3.63) is 71.3 Å². The molecule has 0 spiro atoms. The number of aliphatic carboxylic acids is 2. The van der Waals surface area contributed by atoms with E-state index in [1.54, 1.807) is 0 Å². The van der Waals surface area contributed by atoms with Gasteiger partial charge in [0.2, 0.25) is 0 Å². The number of carboxylic acids is 2. The van der Waals surface area contributed by atoms with E-state index in [9.17, 15) is 0 Å². The first-order chi connectivity index (χ1) is 11.4. The molecule has 0 saturated heterocycles. The standard InChI is InChI=1S/C17H21N.C2H2O4/c1-3-18(13-16-7-5-4-6-8-16)14-17-11-9-15(2)10-12-17;3-1(4)2(5)6/h4-12H,3,13-14H2,1-2H3;(H,3,4)(H,5,6). The van der Waals surface area contributed by atoms with E-state index in [0.29, 0.717) is 0 Å². The van der Waals surface area contributed by atoms with Crippen LogP contribution in [0, 0.1) is 6.92 Å². The molecule has 0 unspecified atom stereocenters. The van der Waals surface area contributed by atoms with Crippen molar-refractivity contribution in [3.8, 4) is 0 Å². The Morgan fingerprint density at radius 3 is 1.71 bits per heavy atom. The molecule has 2 rings (SSSR count). The highest BCUT2D eigenvalue weighted by Crippen LogP contribution is 2.10. The van der Waals surface area contributed by atoms with Gasteiger partial charge in [-0.3, -0.25) is 4.90 Å². The first kappa shape index (κ1) is 19.4. The number of carbonyl (C=O) groups is 2. The van der Waals surface area contributed by atoms with Crippen LogP contribution in [0.5, 0.6) is 0 Å². The molecule has 0 aliphatic carbocycles. The number of nitrogens with zero attached hydrogens (tertiary/aromatic N) is 1. The number of carboxylic acid groups (broad SMARTS) is 2. The van der Waals surface area contributed by atoms with Crippen LogP contribution in [0.25, 0.3) is 0 Å². The molecule has 0 aliphatic rings. The molecule has 0 aromatic heterocycles. The van der Waals surface area contributed by atoms with E-state index in [1.165, 1.54) is 16.7 Å². The zero-order valence-corrected chi connectivity index (χ0v) is 14.0. The molecule has 2 aromatic rings. The molecule has 128 valence electrons. The van der Waals surface area contributed by atoms with Crippen molar-refractivity contribution in [2.45, 2.75) is 26.9 Å². The minimum Gasteiger partial charge on any atom is -0.473 e. The summed E-state index contributed by atoms with van der Waals surface area (Å²) in [5, 5.41) is 14.8. The highest BCUT2D eigenvalue weighted by atomic mass is 16.4. The van der Waals surface area contributed by atoms with E-state index >= 15 is 0 Å². The van der Waals surface area contributed by atoms with E-state index in [1.807, 2.05) is 0 Å². The molecule has 0 bridgehead atoms. The molecule has 0 atom stereocenters. The highest BCUT2D eigenvalue weighted by molar-refractivity contribution is 6.27. The van der Waals surface area contributed by atoms with Gasteiger partial charge in [0, 0.05) is 13.1 Å². The van der Waals surface area contributed by atoms with Crippen LogP contribution in [0.2, 0.25) is 0 Å². The smallest absolute Gasteiger partial charge is 0.414 e. The van der Waals surface area contributed by atoms with Gasteiger partial charge in [0.1, 0.15) is 0 Å². The van der Waals surface area contributed by atoms with Gasteiger partial charge in [0.15, 0.2) is 0 Å². The molecule has 0 fully saturated rings. The first-order valence-corrected chi connectivity index (χ1v) is 7.70. The lowest BCUT2D eigenvalue weighted by molar-refractivity contribution is -0.159. The molecule has 0 heterocycles. The Kier molecular flexibility index (Phi) is 8.22. The van der Waals surface area contributed by atoms with Crippen LogP contribution in [0.15, 0.2) is 54.6 Å². The maximum absolute atomic E-state index is 9.10. The molecular formula is C19H23NO4. The summed E-state index contributed by atoms with van der Waals surface area (Å²) >= 11 is 0. The van der Waals surface area contributed by atoms with Gasteiger partial charge in [-0.25, -0.2) is 9.59 Å². The molecule has 2 N–H and O–H groups in total. The second kappa shape index (κ2) is 10.2. The van der Waals surface area contributed by atoms with E-state index in [4.69, 9.17) is 19.8 Å². The summed E-state index contributed by atoms with van der Waals surface area (Å²) in [4.78, 5) is 20.7. The Hall–Kier alpha value is -2.66. The maximum atomic E-state index is 9.10. The molecule has 0 radical (unpaired) electrons. The maximum Gasteiger partial charge on any atom is 0.414 e. The number of hydrogen-bond donors (Lipinski definition) is 2. The predicted octanol–water partition coefficient (Wildman–Crippen LogP) is 3.17. The largest absolute Gasteiger partial charge is 0.473 e. The average Bonchev–Trinajstić information content (AvgIpc) is 2.57. The van der Waals surface area contributed by atoms with Gasteiger partial charge in [-0.05, 0) is 24.6 Å². The zero-order valence-electron chi connectivity index (χ0n) is 14.0. The fourth-order valence-electron chi connectivity index (χ4n) is 2.07. The monoisotopic (exact) mass is 329 g/mol. The Balaban J connectivity index is 0.000000413. The van der Waals surface area contributed by atoms with E-state index in [-0.39, 0.29) is 0 Å². The Bertz CT molecular complexity index is 626. The highest BCUT2D eigenvalue weighted by Gasteiger charge is 2.05. The molecule has 0 amide bonds. The quantitative estimate of drug-likeness (QED) is 0.824. The van der Waals surface area contributed by atoms with Crippen molar-refractivity contribution in [1.82, 2.24) is 4.90 Å². The summed E-state index contributed by atoms with van der Waals surface area (Å²) in [5.41, 5.74) is 4.09. The van der Waals surface area contributed by atoms with Crippen LogP contribution >= 0.6 is 0 Å². The molecular weight excluding hydrogens is 306 g/mol. The average molecular weight is 329 g/mol. The van der Waals surface area contributed by atoms with Crippen molar-refractivity contribution in [1.29, 1.82) is 0 Å². The van der Waals surface area contributed by atoms with Crippen molar-refractivity contribution in [3.63, 3.8) is 0 Å². The van der Waals surface area contributed by atoms with Gasteiger partial charge in [-0.2, -0.15) is 0 Å². The lowest BCUT2D eigenvalue weighted by Gasteiger charge is -2.20. The van der Waals surface area contributed by atoms with Gasteiger partial charge in [-0.1, -0.05) is 67.1 Å². The number of rotatable bonds is 5. The topological polar surface area (TPSA) is 77.8 Å². The molecule has 5 nitrogen and oxygen atoms in total. The normalized spacial score (nSPS) is 9.96. The van der Waals surface area contributed by atoms with Gasteiger partial charge < -0.3 is 10.2 Å². The number of aryl methyl sites for hydroxylation is 1. The lowest BCUT2D eigenvalue weighted by Crippen LogP contribution is -2.22. The zero-order chi connectivity index (χ0) is 17.9. The van der Waals surface area contributed by atoms with Crippen LogP contribution in [-0.4, -0.2) is 33.6 Å². The fraction of sp³-hybridized carbons (Fsp3) is 0.263. The fourth-order valence-corrected chi connectivity index (χ4v) is 2.07. The first-order valence-electron chi connectivity index (χ1n) is 7.70. The predicted molar refractivity (Wildman–Crippen MR) is 92.7 cm³/mol. The van der Waals surface area contributed by atoms with Crippen LogP contribution in [0.4, 0.5) is 0 Å². The third-order valence-electron chi connectivity index (χ3n) is 3.41. The van der Waals surface area contributed by atoms with Crippen molar-refractivity contribution in [2.75, 3.05) is 6.54 Å². The molecule has 24 heavy (non-hydrogen) atoms. The SMILES string of the molecule is CCN(Cc1ccccc1)Cc1ccc(C)cc1.O=C(O)C(=O)O. The van der Waals surface area contributed by atoms with E-state index < -0.39 is 11.9 Å². The van der Waals surface area contributed by atoms with Crippen LogP contribution in [0.3, 0.4) is 0 Å². The Morgan fingerprint density at radius 1 is 0.833 bits per heavy atom. The Labute approximate surface area is 142 Å². The summed E-state index contributed by atoms with van der Waals surface area (Å²) in [7, 11) is 0. The summed E-state index contributed by atoms with van der Waals surface area (Å²) in [6.45, 7) is 7.46. The summed E-state index contributed by atoms with van der Waals surface area (Å²) in [6.07, 6.45) is 0. The Morgan fingerprint density at radius 2 is 1.29 bits per heavy atom. The van der Waals surface area contributed by atoms with Crippen LogP contribution < -0.4 is 0 Å². The second-order valence-electron chi connectivity index (χ2n) is 5.38. The summed E-state index contributed by atoms with van der Waals surface area (Å²) in [6, 6.07) is 19.5. The van der Waals surface area contributed by atoms with Crippen molar-refractivity contribution in [2.24, 2.45) is 0 Å². The molecule has 0 aliphatic heterocycles. The van der Waals surface area contributed by atoms with E-state index in [0.717, 1.165) is 19.6 Å². The van der Waals surface area contributed by atoms with Crippen molar-refractivity contribution < 1.29 is 19.8 Å². The van der Waals surface area contributed by atoms with Gasteiger partial charge in [0.05, 0.1) is 0 Å². The molecule has 0 saturated carbocycles. The third-order valence-corrected chi connectivity index (χ3v) is 3.41. The second-order valence-corrected chi connectivity index (χ2v) is 5.38. The summed E-state index contributed by atoms with van der Waals surface area (Å²) < 4.78 is 0. The summed E-state index contributed by atoms with van der Waals surface area (Å²) in [5.74, 6) is -3.65. The minimum absolute atomic E-state index is 1.02.